The lowest BCUT2D eigenvalue weighted by atomic mass is 9.84. The van der Waals surface area contributed by atoms with Gasteiger partial charge in [-0.1, -0.05) is 29.3 Å². The largest absolute Gasteiger partial charge is 0.497 e. The molecule has 2 aromatic rings. The highest BCUT2D eigenvalue weighted by Gasteiger charge is 2.44. The van der Waals surface area contributed by atoms with Gasteiger partial charge in [-0.2, -0.15) is 0 Å². The van der Waals surface area contributed by atoms with Crippen LogP contribution in [0.4, 0.5) is 0 Å². The van der Waals surface area contributed by atoms with Gasteiger partial charge < -0.3 is 14.5 Å². The summed E-state index contributed by atoms with van der Waals surface area (Å²) in [6.45, 7) is 0. The van der Waals surface area contributed by atoms with Crippen LogP contribution in [-0.2, 0) is 14.4 Å². The van der Waals surface area contributed by atoms with Gasteiger partial charge in [0, 0.05) is 13.5 Å². The maximum absolute atomic E-state index is 13.0. The predicted molar refractivity (Wildman–Crippen MR) is 104 cm³/mol. The van der Waals surface area contributed by atoms with Gasteiger partial charge in [-0.3, -0.25) is 14.4 Å². The summed E-state index contributed by atoms with van der Waals surface area (Å²) in [4.78, 5) is 57.1. The number of methoxy groups -OCH3 is 1. The Hall–Kier alpha value is -3.68. The molecule has 2 aliphatic heterocycles. The fourth-order valence-electron chi connectivity index (χ4n) is 3.95. The molecule has 8 nitrogen and oxygen atoms in total. The number of benzene rings is 2. The number of rotatable bonds is 4. The molecule has 0 bridgehead atoms. The minimum absolute atomic E-state index is 0.0967. The summed E-state index contributed by atoms with van der Waals surface area (Å²) in [6, 6.07) is 12.8. The van der Waals surface area contributed by atoms with Crippen molar-refractivity contribution in [1.82, 2.24) is 9.96 Å². The van der Waals surface area contributed by atoms with E-state index >= 15 is 0 Å². The Morgan fingerprint density at radius 1 is 0.967 bits per heavy atom. The standard InChI is InChI=1S/C22H20N2O6/c1-23-18(25)12-11-17(19(23)13-7-9-14(29-2)10-8-13)22(28)30-24-20(26)15-5-3-4-6-16(15)21(24)27/h3-10,17,19H,11-12H2,1-2H3. The minimum atomic E-state index is -0.732. The number of carbonyl (C=O) groups is 4. The van der Waals surface area contributed by atoms with E-state index in [2.05, 4.69) is 0 Å². The van der Waals surface area contributed by atoms with E-state index < -0.39 is 29.7 Å². The molecule has 0 radical (unpaired) electrons. The van der Waals surface area contributed by atoms with E-state index in [9.17, 15) is 19.2 Å². The molecule has 1 saturated heterocycles. The average Bonchev–Trinajstić information content (AvgIpc) is 3.00. The van der Waals surface area contributed by atoms with Crippen LogP contribution in [0.3, 0.4) is 0 Å². The molecular formula is C22H20N2O6. The van der Waals surface area contributed by atoms with Gasteiger partial charge >= 0.3 is 5.97 Å². The summed E-state index contributed by atoms with van der Waals surface area (Å²) in [5.41, 5.74) is 1.12. The number of piperidine rings is 1. The molecule has 4 rings (SSSR count). The first-order chi connectivity index (χ1) is 14.4. The average molecular weight is 408 g/mol. The van der Waals surface area contributed by atoms with Gasteiger partial charge in [0.15, 0.2) is 0 Å². The van der Waals surface area contributed by atoms with Gasteiger partial charge in [0.05, 0.1) is 30.2 Å². The predicted octanol–water partition coefficient (Wildman–Crippen LogP) is 2.36. The lowest BCUT2D eigenvalue weighted by Gasteiger charge is -2.38. The number of carbonyl (C=O) groups excluding carboxylic acids is 4. The van der Waals surface area contributed by atoms with Crippen molar-refractivity contribution in [3.05, 3.63) is 65.2 Å². The van der Waals surface area contributed by atoms with Crippen LogP contribution in [-0.4, -0.2) is 47.8 Å². The third-order valence-corrected chi connectivity index (χ3v) is 5.56. The second-order valence-corrected chi connectivity index (χ2v) is 7.23. The van der Waals surface area contributed by atoms with Gasteiger partial charge in [-0.15, -0.1) is 0 Å². The van der Waals surface area contributed by atoms with E-state index in [1.807, 2.05) is 0 Å². The molecule has 2 aromatic carbocycles. The van der Waals surface area contributed by atoms with E-state index in [-0.39, 0.29) is 29.9 Å². The third-order valence-electron chi connectivity index (χ3n) is 5.56. The summed E-state index contributed by atoms with van der Waals surface area (Å²) >= 11 is 0. The first-order valence-corrected chi connectivity index (χ1v) is 9.51. The second kappa shape index (κ2) is 7.62. The zero-order valence-corrected chi connectivity index (χ0v) is 16.5. The Labute approximate surface area is 172 Å². The number of imide groups is 1. The smallest absolute Gasteiger partial charge is 0.338 e. The number of likely N-dealkylation sites (tertiary alicyclic amines) is 1. The molecule has 2 heterocycles. The number of hydroxylamine groups is 2. The summed E-state index contributed by atoms with van der Waals surface area (Å²) in [6.07, 6.45) is 0.424. The van der Waals surface area contributed by atoms with Crippen LogP contribution in [0.15, 0.2) is 48.5 Å². The molecule has 3 amide bonds. The maximum atomic E-state index is 13.0. The van der Waals surface area contributed by atoms with E-state index in [1.54, 1.807) is 50.6 Å². The molecule has 0 spiro atoms. The van der Waals surface area contributed by atoms with Gasteiger partial charge in [-0.05, 0) is 36.2 Å². The summed E-state index contributed by atoms with van der Waals surface area (Å²) in [7, 11) is 3.17. The number of nitrogens with zero attached hydrogens (tertiary/aromatic N) is 2. The maximum Gasteiger partial charge on any atom is 0.338 e. The van der Waals surface area contributed by atoms with Crippen molar-refractivity contribution in [2.75, 3.05) is 14.2 Å². The van der Waals surface area contributed by atoms with Crippen molar-refractivity contribution < 1.29 is 28.8 Å². The van der Waals surface area contributed by atoms with Crippen LogP contribution in [0.2, 0.25) is 0 Å². The number of hydrogen-bond acceptors (Lipinski definition) is 6. The zero-order valence-electron chi connectivity index (χ0n) is 16.5. The molecule has 2 aliphatic rings. The quantitative estimate of drug-likeness (QED) is 0.721. The van der Waals surface area contributed by atoms with Crippen LogP contribution in [0, 0.1) is 5.92 Å². The van der Waals surface area contributed by atoms with E-state index in [1.165, 1.54) is 17.0 Å². The molecule has 2 atom stereocenters. The van der Waals surface area contributed by atoms with Crippen LogP contribution in [0.25, 0.3) is 0 Å². The Bertz CT molecular complexity index is 997. The van der Waals surface area contributed by atoms with Crippen molar-refractivity contribution in [2.24, 2.45) is 5.92 Å². The van der Waals surface area contributed by atoms with Gasteiger partial charge in [0.2, 0.25) is 5.91 Å². The molecule has 0 N–H and O–H groups in total. The lowest BCUT2D eigenvalue weighted by Crippen LogP contribution is -2.45. The van der Waals surface area contributed by atoms with Crippen LogP contribution in [0.5, 0.6) is 5.75 Å². The lowest BCUT2D eigenvalue weighted by molar-refractivity contribution is -0.178. The third kappa shape index (κ3) is 3.20. The Balaban J connectivity index is 1.59. The molecule has 2 unspecified atom stereocenters. The highest BCUT2D eigenvalue weighted by Crippen LogP contribution is 2.37. The first-order valence-electron chi connectivity index (χ1n) is 9.51. The van der Waals surface area contributed by atoms with Crippen LogP contribution in [0.1, 0.15) is 45.2 Å². The second-order valence-electron chi connectivity index (χ2n) is 7.23. The molecule has 8 heteroatoms. The van der Waals surface area contributed by atoms with Gasteiger partial charge in [-0.25, -0.2) is 4.79 Å². The van der Waals surface area contributed by atoms with Crippen molar-refractivity contribution in [3.63, 3.8) is 0 Å². The zero-order chi connectivity index (χ0) is 21.4. The minimum Gasteiger partial charge on any atom is -0.497 e. The monoisotopic (exact) mass is 408 g/mol. The SMILES string of the molecule is COc1ccc(C2C(C(=O)ON3C(=O)c4ccccc4C3=O)CCC(=O)N2C)cc1. The van der Waals surface area contributed by atoms with E-state index in [0.717, 1.165) is 5.56 Å². The molecule has 30 heavy (non-hydrogen) atoms. The summed E-state index contributed by atoms with van der Waals surface area (Å²) in [5.74, 6) is -2.26. The molecular weight excluding hydrogens is 388 g/mol. The normalized spacial score (nSPS) is 20.9. The van der Waals surface area contributed by atoms with E-state index in [4.69, 9.17) is 9.57 Å². The fourth-order valence-corrected chi connectivity index (χ4v) is 3.95. The molecule has 1 fully saturated rings. The topological polar surface area (TPSA) is 93.2 Å². The number of ether oxygens (including phenoxy) is 1. The highest BCUT2D eigenvalue weighted by atomic mass is 16.7. The molecule has 0 aliphatic carbocycles. The Morgan fingerprint density at radius 3 is 2.13 bits per heavy atom. The van der Waals surface area contributed by atoms with Gasteiger partial charge in [0.25, 0.3) is 11.8 Å². The van der Waals surface area contributed by atoms with Gasteiger partial charge in [0.1, 0.15) is 5.75 Å². The fraction of sp³-hybridized carbons (Fsp3) is 0.273. The van der Waals surface area contributed by atoms with Crippen molar-refractivity contribution in [2.45, 2.75) is 18.9 Å². The number of hydrogen-bond donors (Lipinski definition) is 0. The van der Waals surface area contributed by atoms with Crippen molar-refractivity contribution in [3.8, 4) is 5.75 Å². The molecule has 154 valence electrons. The number of amides is 3. The Morgan fingerprint density at radius 2 is 1.57 bits per heavy atom. The highest BCUT2D eigenvalue weighted by molar-refractivity contribution is 6.20. The van der Waals surface area contributed by atoms with Crippen molar-refractivity contribution >= 4 is 23.7 Å². The van der Waals surface area contributed by atoms with Crippen molar-refractivity contribution in [1.29, 1.82) is 0 Å². The summed E-state index contributed by atoms with van der Waals surface area (Å²) < 4.78 is 5.17. The van der Waals surface area contributed by atoms with Crippen LogP contribution < -0.4 is 4.74 Å². The molecule has 0 saturated carbocycles. The molecule has 0 aromatic heterocycles. The number of fused-ring (bicyclic) bond motifs is 1. The first kappa shape index (κ1) is 19.6. The van der Waals surface area contributed by atoms with E-state index in [0.29, 0.717) is 10.8 Å². The van der Waals surface area contributed by atoms with Crippen LogP contribution >= 0.6 is 0 Å². The Kier molecular flexibility index (Phi) is 4.99. The summed E-state index contributed by atoms with van der Waals surface area (Å²) in [5, 5.41) is 0.508.